The lowest BCUT2D eigenvalue weighted by molar-refractivity contribution is 0.102. The van der Waals surface area contributed by atoms with Crippen molar-refractivity contribution in [2.75, 3.05) is 23.8 Å². The van der Waals surface area contributed by atoms with Crippen molar-refractivity contribution in [2.24, 2.45) is 0 Å². The Bertz CT molecular complexity index is 1170. The van der Waals surface area contributed by atoms with Gasteiger partial charge >= 0.3 is 0 Å². The summed E-state index contributed by atoms with van der Waals surface area (Å²) in [6.07, 6.45) is 0. The third kappa shape index (κ3) is 4.46. The third-order valence-electron chi connectivity index (χ3n) is 4.81. The lowest BCUT2D eigenvalue weighted by Crippen LogP contribution is -2.27. The molecule has 0 saturated heterocycles. The maximum atomic E-state index is 13.0. The Hall–Kier alpha value is -3.32. The van der Waals surface area contributed by atoms with Crippen molar-refractivity contribution < 1.29 is 17.9 Å². The van der Waals surface area contributed by atoms with Crippen LogP contribution in [0.25, 0.3) is 0 Å². The molecule has 1 amide bonds. The number of rotatable bonds is 6. The fraction of sp³-hybridized carbons (Fsp3) is 0.174. The molecule has 6 nitrogen and oxygen atoms in total. The van der Waals surface area contributed by atoms with Crippen molar-refractivity contribution in [2.45, 2.75) is 18.7 Å². The Labute approximate surface area is 177 Å². The molecule has 0 bridgehead atoms. The van der Waals surface area contributed by atoms with Crippen molar-refractivity contribution in [3.8, 4) is 5.75 Å². The van der Waals surface area contributed by atoms with Crippen LogP contribution >= 0.6 is 0 Å². The Morgan fingerprint density at radius 1 is 0.967 bits per heavy atom. The zero-order chi connectivity index (χ0) is 21.9. The number of hydrogen-bond acceptors (Lipinski definition) is 4. The molecular weight excluding hydrogens is 400 g/mol. The van der Waals surface area contributed by atoms with Crippen LogP contribution in [-0.4, -0.2) is 28.5 Å². The van der Waals surface area contributed by atoms with Gasteiger partial charge < -0.3 is 10.1 Å². The smallest absolute Gasteiger partial charge is 0.264 e. The van der Waals surface area contributed by atoms with Crippen LogP contribution in [0.15, 0.2) is 71.6 Å². The zero-order valence-electron chi connectivity index (χ0n) is 17.3. The first kappa shape index (κ1) is 21.4. The molecule has 3 aromatic carbocycles. The number of hydrogen-bond donors (Lipinski definition) is 1. The predicted octanol–water partition coefficient (Wildman–Crippen LogP) is 4.39. The number of ether oxygens (including phenoxy) is 1. The zero-order valence-corrected chi connectivity index (χ0v) is 18.2. The second-order valence-corrected chi connectivity index (χ2v) is 8.94. The standard InChI is InChI=1S/C23H24N2O4S/c1-16-8-11-21(12-9-16)30(27,28)25(3)22-13-10-18(14-17(22)2)23(26)24-19-6-5-7-20(15-19)29-4/h5-15H,1-4H3,(H,24,26). The first-order valence-electron chi connectivity index (χ1n) is 9.34. The minimum atomic E-state index is -3.70. The summed E-state index contributed by atoms with van der Waals surface area (Å²) in [4.78, 5) is 12.8. The van der Waals surface area contributed by atoms with E-state index in [1.807, 2.05) is 6.92 Å². The number of benzene rings is 3. The van der Waals surface area contributed by atoms with E-state index in [1.54, 1.807) is 80.8 Å². The van der Waals surface area contributed by atoms with E-state index in [0.717, 1.165) is 5.56 Å². The van der Waals surface area contributed by atoms with Gasteiger partial charge in [0.2, 0.25) is 0 Å². The number of methoxy groups -OCH3 is 1. The number of carbonyl (C=O) groups excluding carboxylic acids is 1. The fourth-order valence-electron chi connectivity index (χ4n) is 3.05. The second kappa shape index (κ2) is 8.59. The fourth-order valence-corrected chi connectivity index (χ4v) is 4.31. The SMILES string of the molecule is COc1cccc(NC(=O)c2ccc(N(C)S(=O)(=O)c3ccc(C)cc3)c(C)c2)c1. The van der Waals surface area contributed by atoms with E-state index in [-0.39, 0.29) is 10.8 Å². The number of amides is 1. The highest BCUT2D eigenvalue weighted by molar-refractivity contribution is 7.92. The lowest BCUT2D eigenvalue weighted by Gasteiger charge is -2.22. The average molecular weight is 425 g/mol. The Balaban J connectivity index is 1.83. The van der Waals surface area contributed by atoms with E-state index in [1.165, 1.54) is 11.4 Å². The van der Waals surface area contributed by atoms with Crippen LogP contribution in [-0.2, 0) is 10.0 Å². The van der Waals surface area contributed by atoms with Gasteiger partial charge in [0.1, 0.15) is 5.75 Å². The Morgan fingerprint density at radius 3 is 2.30 bits per heavy atom. The van der Waals surface area contributed by atoms with Gasteiger partial charge in [-0.15, -0.1) is 0 Å². The predicted molar refractivity (Wildman–Crippen MR) is 119 cm³/mol. The topological polar surface area (TPSA) is 75.7 Å². The van der Waals surface area contributed by atoms with Crippen LogP contribution in [0.5, 0.6) is 5.75 Å². The van der Waals surface area contributed by atoms with Crippen molar-refractivity contribution in [3.05, 3.63) is 83.4 Å². The molecule has 0 atom stereocenters. The molecule has 0 aliphatic carbocycles. The Morgan fingerprint density at radius 2 is 1.67 bits per heavy atom. The molecule has 0 aliphatic rings. The van der Waals surface area contributed by atoms with Crippen LogP contribution in [0.2, 0.25) is 0 Å². The lowest BCUT2D eigenvalue weighted by atomic mass is 10.1. The van der Waals surface area contributed by atoms with Crippen LogP contribution in [0, 0.1) is 13.8 Å². The molecule has 0 saturated carbocycles. The average Bonchev–Trinajstić information content (AvgIpc) is 2.73. The van der Waals surface area contributed by atoms with E-state index >= 15 is 0 Å². The van der Waals surface area contributed by atoms with Gasteiger partial charge in [0.15, 0.2) is 0 Å². The van der Waals surface area contributed by atoms with Crippen molar-refractivity contribution >= 4 is 27.3 Å². The molecule has 0 aromatic heterocycles. The summed E-state index contributed by atoms with van der Waals surface area (Å²) in [5.41, 5.74) is 3.21. The molecule has 0 radical (unpaired) electrons. The van der Waals surface area contributed by atoms with Gasteiger partial charge in [-0.25, -0.2) is 8.42 Å². The third-order valence-corrected chi connectivity index (χ3v) is 6.59. The molecule has 7 heteroatoms. The summed E-state index contributed by atoms with van der Waals surface area (Å²) in [6.45, 7) is 3.68. The molecule has 0 heterocycles. The molecule has 0 spiro atoms. The molecule has 0 fully saturated rings. The van der Waals surface area contributed by atoms with E-state index in [9.17, 15) is 13.2 Å². The summed E-state index contributed by atoms with van der Waals surface area (Å²) < 4.78 is 32.3. The number of carbonyl (C=O) groups is 1. The van der Waals surface area contributed by atoms with Crippen molar-refractivity contribution in [1.82, 2.24) is 0 Å². The van der Waals surface area contributed by atoms with Gasteiger partial charge in [-0.1, -0.05) is 23.8 Å². The minimum Gasteiger partial charge on any atom is -0.497 e. The van der Waals surface area contributed by atoms with Crippen molar-refractivity contribution in [1.29, 1.82) is 0 Å². The van der Waals surface area contributed by atoms with E-state index in [2.05, 4.69) is 5.32 Å². The summed E-state index contributed by atoms with van der Waals surface area (Å²) in [5, 5.41) is 2.82. The molecule has 0 aliphatic heterocycles. The van der Waals surface area contributed by atoms with E-state index < -0.39 is 10.0 Å². The van der Waals surface area contributed by atoms with Gasteiger partial charge in [-0.2, -0.15) is 0 Å². The summed E-state index contributed by atoms with van der Waals surface area (Å²) >= 11 is 0. The van der Waals surface area contributed by atoms with Gasteiger partial charge in [0.05, 0.1) is 17.7 Å². The van der Waals surface area contributed by atoms with Gasteiger partial charge in [0, 0.05) is 24.4 Å². The molecule has 156 valence electrons. The maximum absolute atomic E-state index is 13.0. The van der Waals surface area contributed by atoms with E-state index in [0.29, 0.717) is 28.3 Å². The molecule has 3 rings (SSSR count). The first-order chi connectivity index (χ1) is 14.2. The molecule has 1 N–H and O–H groups in total. The van der Waals surface area contributed by atoms with E-state index in [4.69, 9.17) is 4.74 Å². The molecular formula is C23H24N2O4S. The maximum Gasteiger partial charge on any atom is 0.264 e. The highest BCUT2D eigenvalue weighted by Crippen LogP contribution is 2.27. The number of nitrogens with zero attached hydrogens (tertiary/aromatic N) is 1. The largest absolute Gasteiger partial charge is 0.497 e. The van der Waals surface area contributed by atoms with Crippen LogP contribution in [0.3, 0.4) is 0 Å². The molecule has 3 aromatic rings. The monoisotopic (exact) mass is 424 g/mol. The van der Waals surface area contributed by atoms with Crippen LogP contribution in [0.1, 0.15) is 21.5 Å². The highest BCUT2D eigenvalue weighted by Gasteiger charge is 2.23. The number of aryl methyl sites for hydroxylation is 2. The molecule has 0 unspecified atom stereocenters. The Kier molecular flexibility index (Phi) is 6.12. The second-order valence-electron chi connectivity index (χ2n) is 6.97. The summed E-state index contributed by atoms with van der Waals surface area (Å²) in [6, 6.07) is 18.7. The van der Waals surface area contributed by atoms with Gasteiger partial charge in [-0.05, 0) is 61.9 Å². The molecule has 30 heavy (non-hydrogen) atoms. The quantitative estimate of drug-likeness (QED) is 0.637. The highest BCUT2D eigenvalue weighted by atomic mass is 32.2. The number of anilines is 2. The normalized spacial score (nSPS) is 11.1. The minimum absolute atomic E-state index is 0.217. The first-order valence-corrected chi connectivity index (χ1v) is 10.8. The number of sulfonamides is 1. The van der Waals surface area contributed by atoms with Crippen molar-refractivity contribution in [3.63, 3.8) is 0 Å². The summed E-state index contributed by atoms with van der Waals surface area (Å²) in [5.74, 6) is 0.351. The van der Waals surface area contributed by atoms with Gasteiger partial charge in [-0.3, -0.25) is 9.10 Å². The number of nitrogens with one attached hydrogen (secondary N) is 1. The van der Waals surface area contributed by atoms with Gasteiger partial charge in [0.25, 0.3) is 15.9 Å². The van der Waals surface area contributed by atoms with Crippen LogP contribution < -0.4 is 14.4 Å². The van der Waals surface area contributed by atoms with Crippen LogP contribution in [0.4, 0.5) is 11.4 Å². The summed E-state index contributed by atoms with van der Waals surface area (Å²) in [7, 11) is -0.635.